The smallest absolute Gasteiger partial charge is 0.311 e. The fourth-order valence-corrected chi connectivity index (χ4v) is 2.57. The molecule has 9 heteroatoms. The summed E-state index contributed by atoms with van der Waals surface area (Å²) in [5.41, 5.74) is 5.10. The molecule has 0 unspecified atom stereocenters. The van der Waals surface area contributed by atoms with Gasteiger partial charge in [-0.3, -0.25) is 19.7 Å². The van der Waals surface area contributed by atoms with Gasteiger partial charge in [0, 0.05) is 25.2 Å². The van der Waals surface area contributed by atoms with Crippen LogP contribution in [0.3, 0.4) is 0 Å². The molecule has 0 aromatic heterocycles. The quantitative estimate of drug-likeness (QED) is 0.602. The van der Waals surface area contributed by atoms with Gasteiger partial charge in [-0.1, -0.05) is 0 Å². The number of nitro groups is 1. The Bertz CT molecular complexity index is 648. The molecular formula is C15H19N3O6. The Kier molecular flexibility index (Phi) is 5.56. The Balaban J connectivity index is 1.96. The van der Waals surface area contributed by atoms with E-state index < -0.39 is 10.8 Å². The Hall–Kier alpha value is -2.84. The van der Waals surface area contributed by atoms with E-state index in [1.54, 1.807) is 4.90 Å². The number of carbonyl (C=O) groups is 2. The lowest BCUT2D eigenvalue weighted by Crippen LogP contribution is -2.45. The number of amides is 2. The highest BCUT2D eigenvalue weighted by Crippen LogP contribution is 2.30. The van der Waals surface area contributed by atoms with Gasteiger partial charge in [-0.15, -0.1) is 0 Å². The number of methoxy groups -OCH3 is 1. The molecule has 1 heterocycles. The van der Waals surface area contributed by atoms with E-state index in [1.165, 1.54) is 25.3 Å². The van der Waals surface area contributed by atoms with Crippen LogP contribution >= 0.6 is 0 Å². The van der Waals surface area contributed by atoms with Gasteiger partial charge in [0.15, 0.2) is 6.61 Å². The number of piperidine rings is 1. The van der Waals surface area contributed by atoms with Crippen molar-refractivity contribution in [3.63, 3.8) is 0 Å². The number of likely N-dealkylation sites (tertiary alicyclic amines) is 1. The van der Waals surface area contributed by atoms with Crippen LogP contribution in [0.25, 0.3) is 0 Å². The zero-order valence-electron chi connectivity index (χ0n) is 13.3. The van der Waals surface area contributed by atoms with Crippen LogP contribution < -0.4 is 15.2 Å². The largest absolute Gasteiger partial charge is 0.490 e. The second kappa shape index (κ2) is 7.62. The molecule has 24 heavy (non-hydrogen) atoms. The topological polar surface area (TPSA) is 125 Å². The van der Waals surface area contributed by atoms with Crippen molar-refractivity contribution in [2.24, 2.45) is 11.7 Å². The van der Waals surface area contributed by atoms with E-state index in [2.05, 4.69) is 0 Å². The summed E-state index contributed by atoms with van der Waals surface area (Å²) < 4.78 is 10.3. The number of rotatable bonds is 6. The molecule has 9 nitrogen and oxygen atoms in total. The molecule has 2 rings (SSSR count). The van der Waals surface area contributed by atoms with Crippen LogP contribution in [-0.2, 0) is 9.59 Å². The van der Waals surface area contributed by atoms with Gasteiger partial charge in [0.2, 0.25) is 11.7 Å². The van der Waals surface area contributed by atoms with Crippen molar-refractivity contribution in [2.75, 3.05) is 26.8 Å². The van der Waals surface area contributed by atoms with Crippen molar-refractivity contribution in [3.8, 4) is 11.5 Å². The minimum atomic E-state index is -0.564. The average Bonchev–Trinajstić information content (AvgIpc) is 2.59. The Labute approximate surface area is 138 Å². The molecule has 0 aliphatic carbocycles. The van der Waals surface area contributed by atoms with Crippen LogP contribution in [0.15, 0.2) is 18.2 Å². The van der Waals surface area contributed by atoms with Gasteiger partial charge in [-0.2, -0.15) is 0 Å². The first kappa shape index (κ1) is 17.5. The molecule has 1 aromatic carbocycles. The molecule has 0 bridgehead atoms. The predicted molar refractivity (Wildman–Crippen MR) is 83.6 cm³/mol. The predicted octanol–water partition coefficient (Wildman–Crippen LogP) is 0.706. The number of nitro benzene ring substituents is 1. The van der Waals surface area contributed by atoms with Gasteiger partial charge in [0.25, 0.3) is 5.91 Å². The van der Waals surface area contributed by atoms with Gasteiger partial charge in [0.05, 0.1) is 18.0 Å². The maximum atomic E-state index is 12.2. The first-order valence-corrected chi connectivity index (χ1v) is 7.44. The van der Waals surface area contributed by atoms with Crippen LogP contribution in [0.4, 0.5) is 5.69 Å². The molecule has 130 valence electrons. The SMILES string of the molecule is COc1cc(OCC(=O)N2CCC[C@@H](C(N)=O)C2)ccc1[N+](=O)[O-]. The minimum absolute atomic E-state index is 0.0525. The molecule has 1 aromatic rings. The van der Waals surface area contributed by atoms with Crippen LogP contribution in [0.5, 0.6) is 11.5 Å². The summed E-state index contributed by atoms with van der Waals surface area (Å²) in [6.07, 6.45) is 1.39. The van der Waals surface area contributed by atoms with E-state index in [0.717, 1.165) is 0 Å². The number of benzene rings is 1. The zero-order chi connectivity index (χ0) is 17.7. The minimum Gasteiger partial charge on any atom is -0.490 e. The van der Waals surface area contributed by atoms with Crippen molar-refractivity contribution in [1.29, 1.82) is 0 Å². The standard InChI is InChI=1S/C15H19N3O6/c1-23-13-7-11(4-5-12(13)18(21)22)24-9-14(19)17-6-2-3-10(8-17)15(16)20/h4-5,7,10H,2-3,6,8-9H2,1H3,(H2,16,20)/t10-/m1/s1. The fraction of sp³-hybridized carbons (Fsp3) is 0.467. The zero-order valence-corrected chi connectivity index (χ0v) is 13.3. The van der Waals surface area contributed by atoms with E-state index >= 15 is 0 Å². The number of carbonyl (C=O) groups excluding carboxylic acids is 2. The molecule has 0 saturated carbocycles. The van der Waals surface area contributed by atoms with Crippen LogP contribution in [0.1, 0.15) is 12.8 Å². The third-order valence-corrected chi connectivity index (χ3v) is 3.89. The van der Waals surface area contributed by atoms with Crippen LogP contribution in [0, 0.1) is 16.0 Å². The number of nitrogens with two attached hydrogens (primary N) is 1. The van der Waals surface area contributed by atoms with E-state index in [9.17, 15) is 19.7 Å². The highest BCUT2D eigenvalue weighted by Gasteiger charge is 2.27. The fourth-order valence-electron chi connectivity index (χ4n) is 2.57. The number of hydrogen-bond donors (Lipinski definition) is 1. The summed E-state index contributed by atoms with van der Waals surface area (Å²) in [5.74, 6) is -0.667. The van der Waals surface area contributed by atoms with E-state index in [1.807, 2.05) is 0 Å². The second-order valence-corrected chi connectivity index (χ2v) is 5.46. The van der Waals surface area contributed by atoms with Crippen molar-refractivity contribution in [2.45, 2.75) is 12.8 Å². The Morgan fingerprint density at radius 2 is 2.21 bits per heavy atom. The third kappa shape index (κ3) is 4.12. The number of nitrogens with zero attached hydrogens (tertiary/aromatic N) is 2. The molecule has 0 spiro atoms. The van der Waals surface area contributed by atoms with E-state index in [-0.39, 0.29) is 35.6 Å². The number of ether oxygens (including phenoxy) is 2. The second-order valence-electron chi connectivity index (χ2n) is 5.46. The summed E-state index contributed by atoms with van der Waals surface area (Å²) in [7, 11) is 1.31. The van der Waals surface area contributed by atoms with Crippen molar-refractivity contribution >= 4 is 17.5 Å². The molecule has 2 amide bonds. The molecule has 2 N–H and O–H groups in total. The summed E-state index contributed by atoms with van der Waals surface area (Å²) in [4.78, 5) is 35.2. The molecule has 0 radical (unpaired) electrons. The number of hydrogen-bond acceptors (Lipinski definition) is 6. The van der Waals surface area contributed by atoms with Crippen LogP contribution in [-0.4, -0.2) is 48.4 Å². The van der Waals surface area contributed by atoms with E-state index in [0.29, 0.717) is 25.9 Å². The lowest BCUT2D eigenvalue weighted by atomic mass is 9.97. The monoisotopic (exact) mass is 337 g/mol. The van der Waals surface area contributed by atoms with Gasteiger partial charge in [0.1, 0.15) is 5.75 Å². The summed E-state index contributed by atoms with van der Waals surface area (Å²) in [6, 6.07) is 4.01. The van der Waals surface area contributed by atoms with Crippen molar-refractivity contribution < 1.29 is 24.0 Å². The van der Waals surface area contributed by atoms with Crippen LogP contribution in [0.2, 0.25) is 0 Å². The van der Waals surface area contributed by atoms with Gasteiger partial charge >= 0.3 is 5.69 Å². The Morgan fingerprint density at radius 3 is 2.83 bits per heavy atom. The molecule has 1 saturated heterocycles. The average molecular weight is 337 g/mol. The number of primary amides is 1. The maximum Gasteiger partial charge on any atom is 0.311 e. The molecular weight excluding hydrogens is 318 g/mol. The van der Waals surface area contributed by atoms with Gasteiger partial charge < -0.3 is 20.1 Å². The first-order chi connectivity index (χ1) is 11.4. The lowest BCUT2D eigenvalue weighted by Gasteiger charge is -2.31. The highest BCUT2D eigenvalue weighted by molar-refractivity contribution is 5.81. The third-order valence-electron chi connectivity index (χ3n) is 3.89. The first-order valence-electron chi connectivity index (χ1n) is 7.44. The maximum absolute atomic E-state index is 12.2. The molecule has 1 aliphatic rings. The summed E-state index contributed by atoms with van der Waals surface area (Å²) >= 11 is 0. The van der Waals surface area contributed by atoms with Gasteiger partial charge in [-0.05, 0) is 18.9 Å². The summed E-state index contributed by atoms with van der Waals surface area (Å²) in [5, 5.41) is 10.8. The molecule has 1 aliphatic heterocycles. The Morgan fingerprint density at radius 1 is 1.46 bits per heavy atom. The normalized spacial score (nSPS) is 17.2. The lowest BCUT2D eigenvalue weighted by molar-refractivity contribution is -0.385. The van der Waals surface area contributed by atoms with Crippen molar-refractivity contribution in [1.82, 2.24) is 4.90 Å². The van der Waals surface area contributed by atoms with Gasteiger partial charge in [-0.25, -0.2) is 0 Å². The molecule has 1 atom stereocenters. The van der Waals surface area contributed by atoms with E-state index in [4.69, 9.17) is 15.2 Å². The highest BCUT2D eigenvalue weighted by atomic mass is 16.6. The van der Waals surface area contributed by atoms with Crippen molar-refractivity contribution in [3.05, 3.63) is 28.3 Å². The molecule has 1 fully saturated rings. The summed E-state index contributed by atoms with van der Waals surface area (Å²) in [6.45, 7) is 0.614.